The van der Waals surface area contributed by atoms with Crippen molar-refractivity contribution in [3.05, 3.63) is 35.1 Å². The number of benzene rings is 1. The van der Waals surface area contributed by atoms with Crippen LogP contribution in [0.3, 0.4) is 0 Å². The quantitative estimate of drug-likeness (QED) is 0.885. The molecule has 0 saturated carbocycles. The first kappa shape index (κ1) is 13.0. The minimum Gasteiger partial charge on any atom is -0.480 e. The van der Waals surface area contributed by atoms with E-state index in [-0.39, 0.29) is 12.4 Å². The smallest absolute Gasteiger partial charge is 0.323 e. The summed E-state index contributed by atoms with van der Waals surface area (Å²) in [7, 11) is 0. The van der Waals surface area contributed by atoms with Crippen LogP contribution in [0.15, 0.2) is 18.2 Å². The maximum absolute atomic E-state index is 13.2. The summed E-state index contributed by atoms with van der Waals surface area (Å²) in [5, 5.41) is 9.10. The Morgan fingerprint density at radius 1 is 1.61 bits per heavy atom. The Morgan fingerprint density at radius 3 is 3.06 bits per heavy atom. The molecule has 1 saturated heterocycles. The third-order valence-corrected chi connectivity index (χ3v) is 3.13. The number of hydrogen-bond donors (Lipinski definition) is 1. The summed E-state index contributed by atoms with van der Waals surface area (Å²) in [5.41, 5.74) is 1.50. The first-order valence-corrected chi connectivity index (χ1v) is 5.87. The number of aryl methyl sites for hydroxylation is 1. The normalized spacial score (nSPS) is 20.9. The second-order valence-electron chi connectivity index (χ2n) is 4.48. The van der Waals surface area contributed by atoms with E-state index in [1.165, 1.54) is 6.07 Å². The number of ether oxygens (including phenoxy) is 1. The summed E-state index contributed by atoms with van der Waals surface area (Å²) < 4.78 is 18.3. The molecule has 1 unspecified atom stereocenters. The number of carboxylic acids is 1. The highest BCUT2D eigenvalue weighted by Gasteiger charge is 2.28. The molecule has 1 N–H and O–H groups in total. The van der Waals surface area contributed by atoms with Gasteiger partial charge in [-0.1, -0.05) is 12.1 Å². The summed E-state index contributed by atoms with van der Waals surface area (Å²) in [6.45, 7) is 3.52. The number of morpholine rings is 1. The monoisotopic (exact) mass is 253 g/mol. The van der Waals surface area contributed by atoms with Crippen LogP contribution in [-0.2, 0) is 16.1 Å². The Labute approximate surface area is 105 Å². The molecule has 1 aliphatic rings. The minimum absolute atomic E-state index is 0.204. The first-order chi connectivity index (χ1) is 8.58. The van der Waals surface area contributed by atoms with Crippen LogP contribution in [0.25, 0.3) is 0 Å². The van der Waals surface area contributed by atoms with E-state index in [9.17, 15) is 9.18 Å². The van der Waals surface area contributed by atoms with Crippen molar-refractivity contribution in [2.75, 3.05) is 19.8 Å². The van der Waals surface area contributed by atoms with E-state index >= 15 is 0 Å². The van der Waals surface area contributed by atoms with Crippen molar-refractivity contribution in [2.24, 2.45) is 0 Å². The highest BCUT2D eigenvalue weighted by molar-refractivity contribution is 5.73. The SMILES string of the molecule is Cc1cc(CN2CCOCC2C(=O)O)ccc1F. The highest BCUT2D eigenvalue weighted by atomic mass is 19.1. The van der Waals surface area contributed by atoms with Crippen molar-refractivity contribution < 1.29 is 19.0 Å². The van der Waals surface area contributed by atoms with E-state index in [4.69, 9.17) is 9.84 Å². The van der Waals surface area contributed by atoms with Crippen LogP contribution in [0, 0.1) is 12.7 Å². The maximum Gasteiger partial charge on any atom is 0.323 e. The van der Waals surface area contributed by atoms with Gasteiger partial charge in [-0.25, -0.2) is 4.39 Å². The molecule has 1 aromatic rings. The molecule has 1 atom stereocenters. The molecule has 5 heteroatoms. The van der Waals surface area contributed by atoms with Gasteiger partial charge in [0.1, 0.15) is 11.9 Å². The maximum atomic E-state index is 13.2. The van der Waals surface area contributed by atoms with E-state index in [0.29, 0.717) is 25.3 Å². The first-order valence-electron chi connectivity index (χ1n) is 5.87. The molecular formula is C13H16FNO3. The molecule has 1 aliphatic heterocycles. The lowest BCUT2D eigenvalue weighted by Crippen LogP contribution is -2.49. The molecule has 0 bridgehead atoms. The standard InChI is InChI=1S/C13H16FNO3/c1-9-6-10(2-3-11(9)14)7-15-4-5-18-8-12(15)13(16)17/h2-3,6,12H,4-5,7-8H2,1H3,(H,16,17). The molecule has 1 fully saturated rings. The van der Waals surface area contributed by atoms with Gasteiger partial charge in [-0.2, -0.15) is 0 Å². The predicted molar refractivity (Wildman–Crippen MR) is 63.8 cm³/mol. The molecule has 1 heterocycles. The Hall–Kier alpha value is -1.46. The highest BCUT2D eigenvalue weighted by Crippen LogP contribution is 2.15. The second-order valence-corrected chi connectivity index (χ2v) is 4.48. The zero-order valence-corrected chi connectivity index (χ0v) is 10.2. The number of rotatable bonds is 3. The predicted octanol–water partition coefficient (Wildman–Crippen LogP) is 1.42. The van der Waals surface area contributed by atoms with Crippen molar-refractivity contribution in [1.82, 2.24) is 4.90 Å². The van der Waals surface area contributed by atoms with Crippen LogP contribution in [-0.4, -0.2) is 41.8 Å². The van der Waals surface area contributed by atoms with Gasteiger partial charge >= 0.3 is 5.97 Å². The molecule has 98 valence electrons. The zero-order valence-electron chi connectivity index (χ0n) is 10.2. The van der Waals surface area contributed by atoms with Crippen LogP contribution >= 0.6 is 0 Å². The van der Waals surface area contributed by atoms with E-state index in [0.717, 1.165) is 5.56 Å². The van der Waals surface area contributed by atoms with E-state index in [1.54, 1.807) is 19.1 Å². The lowest BCUT2D eigenvalue weighted by Gasteiger charge is -2.32. The van der Waals surface area contributed by atoms with E-state index in [1.807, 2.05) is 4.90 Å². The number of halogens is 1. The summed E-state index contributed by atoms with van der Waals surface area (Å²) in [6.07, 6.45) is 0. The van der Waals surface area contributed by atoms with E-state index in [2.05, 4.69) is 0 Å². The van der Waals surface area contributed by atoms with Crippen molar-refractivity contribution in [2.45, 2.75) is 19.5 Å². The molecular weight excluding hydrogens is 237 g/mol. The fourth-order valence-corrected chi connectivity index (χ4v) is 2.09. The average molecular weight is 253 g/mol. The molecule has 1 aromatic carbocycles. The molecule has 18 heavy (non-hydrogen) atoms. The van der Waals surface area contributed by atoms with Gasteiger partial charge in [-0.05, 0) is 24.1 Å². The summed E-state index contributed by atoms with van der Waals surface area (Å²) in [5.74, 6) is -1.12. The summed E-state index contributed by atoms with van der Waals surface area (Å²) in [6, 6.07) is 4.24. The van der Waals surface area contributed by atoms with Gasteiger partial charge in [0, 0.05) is 13.1 Å². The van der Waals surface area contributed by atoms with Gasteiger partial charge < -0.3 is 9.84 Å². The van der Waals surface area contributed by atoms with Gasteiger partial charge in [0.25, 0.3) is 0 Å². The summed E-state index contributed by atoms with van der Waals surface area (Å²) in [4.78, 5) is 12.9. The Morgan fingerprint density at radius 2 is 2.39 bits per heavy atom. The number of nitrogens with zero attached hydrogens (tertiary/aromatic N) is 1. The Balaban J connectivity index is 2.10. The molecule has 0 amide bonds. The van der Waals surface area contributed by atoms with Crippen LogP contribution < -0.4 is 0 Å². The zero-order chi connectivity index (χ0) is 13.1. The molecule has 0 aromatic heterocycles. The topological polar surface area (TPSA) is 49.8 Å². The number of aliphatic carboxylic acids is 1. The minimum atomic E-state index is -0.881. The fraction of sp³-hybridized carbons (Fsp3) is 0.462. The number of carboxylic acid groups (broad SMARTS) is 1. The third kappa shape index (κ3) is 2.86. The van der Waals surface area contributed by atoms with Crippen LogP contribution in [0.2, 0.25) is 0 Å². The van der Waals surface area contributed by atoms with Gasteiger partial charge in [0.05, 0.1) is 13.2 Å². The fourth-order valence-electron chi connectivity index (χ4n) is 2.09. The number of carbonyl (C=O) groups is 1. The van der Waals surface area contributed by atoms with Gasteiger partial charge in [-0.15, -0.1) is 0 Å². The van der Waals surface area contributed by atoms with Crippen molar-refractivity contribution in [3.63, 3.8) is 0 Å². The number of hydrogen-bond acceptors (Lipinski definition) is 3. The Kier molecular flexibility index (Phi) is 3.93. The van der Waals surface area contributed by atoms with Gasteiger partial charge in [0.2, 0.25) is 0 Å². The molecule has 0 radical (unpaired) electrons. The molecule has 0 spiro atoms. The van der Waals surface area contributed by atoms with Crippen LogP contribution in [0.4, 0.5) is 4.39 Å². The van der Waals surface area contributed by atoms with Crippen molar-refractivity contribution in [1.29, 1.82) is 0 Å². The van der Waals surface area contributed by atoms with Crippen molar-refractivity contribution >= 4 is 5.97 Å². The van der Waals surface area contributed by atoms with Crippen LogP contribution in [0.1, 0.15) is 11.1 Å². The van der Waals surface area contributed by atoms with Gasteiger partial charge in [-0.3, -0.25) is 9.69 Å². The molecule has 4 nitrogen and oxygen atoms in total. The second kappa shape index (κ2) is 5.46. The lowest BCUT2D eigenvalue weighted by atomic mass is 10.1. The third-order valence-electron chi connectivity index (χ3n) is 3.13. The van der Waals surface area contributed by atoms with Crippen molar-refractivity contribution in [3.8, 4) is 0 Å². The van der Waals surface area contributed by atoms with Gasteiger partial charge in [0.15, 0.2) is 0 Å². The van der Waals surface area contributed by atoms with Crippen LogP contribution in [0.5, 0.6) is 0 Å². The Bertz CT molecular complexity index is 450. The largest absolute Gasteiger partial charge is 0.480 e. The summed E-state index contributed by atoms with van der Waals surface area (Å²) >= 11 is 0. The molecule has 0 aliphatic carbocycles. The average Bonchev–Trinajstić information content (AvgIpc) is 2.34. The molecule has 2 rings (SSSR count). The lowest BCUT2D eigenvalue weighted by molar-refractivity contribution is -0.150. The van der Waals surface area contributed by atoms with E-state index < -0.39 is 12.0 Å².